The molecule has 0 aromatic carbocycles. The molecule has 0 saturated heterocycles. The maximum Gasteiger partial charge on any atom is 0.318 e. The van der Waals surface area contributed by atoms with Crippen molar-refractivity contribution in [3.63, 3.8) is 0 Å². The maximum atomic E-state index is 12.2. The molecular formula is C8H11F2N. The lowest BCUT2D eigenvalue weighted by atomic mass is 10.2. The van der Waals surface area contributed by atoms with E-state index in [0.29, 0.717) is 5.69 Å². The van der Waals surface area contributed by atoms with Crippen LogP contribution in [0.2, 0.25) is 0 Å². The molecule has 0 aliphatic heterocycles. The van der Waals surface area contributed by atoms with Crippen LogP contribution < -0.4 is 0 Å². The van der Waals surface area contributed by atoms with E-state index in [1.807, 2.05) is 13.8 Å². The van der Waals surface area contributed by atoms with Crippen LogP contribution in [0.4, 0.5) is 8.78 Å². The first-order valence-corrected chi connectivity index (χ1v) is 3.47. The first-order chi connectivity index (χ1) is 5.04. The Hall–Kier alpha value is -0.860. The third-order valence-corrected chi connectivity index (χ3v) is 2.06. The number of aromatic nitrogens is 1. The molecule has 1 rings (SSSR count). The van der Waals surface area contributed by atoms with Gasteiger partial charge in [0.15, 0.2) is 0 Å². The molecule has 1 heterocycles. The summed E-state index contributed by atoms with van der Waals surface area (Å²) in [7, 11) is 0. The van der Waals surface area contributed by atoms with Crippen molar-refractivity contribution in [2.24, 2.45) is 0 Å². The average molecular weight is 159 g/mol. The van der Waals surface area contributed by atoms with Crippen molar-refractivity contribution in [3.05, 3.63) is 23.0 Å². The van der Waals surface area contributed by atoms with Crippen molar-refractivity contribution in [1.82, 2.24) is 4.57 Å². The van der Waals surface area contributed by atoms with Crippen LogP contribution in [0.1, 0.15) is 23.4 Å². The van der Waals surface area contributed by atoms with E-state index in [-0.39, 0.29) is 0 Å². The van der Waals surface area contributed by atoms with Gasteiger partial charge in [-0.3, -0.25) is 4.57 Å². The highest BCUT2D eigenvalue weighted by atomic mass is 19.3. The second-order valence-corrected chi connectivity index (χ2v) is 2.71. The molecule has 11 heavy (non-hydrogen) atoms. The van der Waals surface area contributed by atoms with E-state index in [4.69, 9.17) is 0 Å². The van der Waals surface area contributed by atoms with Gasteiger partial charge in [0.05, 0.1) is 0 Å². The van der Waals surface area contributed by atoms with Crippen LogP contribution in [0.5, 0.6) is 0 Å². The van der Waals surface area contributed by atoms with Crippen molar-refractivity contribution in [2.75, 3.05) is 0 Å². The summed E-state index contributed by atoms with van der Waals surface area (Å²) in [4.78, 5) is 0. The number of hydrogen-bond acceptors (Lipinski definition) is 0. The molecule has 1 aromatic rings. The minimum Gasteiger partial charge on any atom is -0.295 e. The Bertz CT molecular complexity index is 263. The fourth-order valence-corrected chi connectivity index (χ4v) is 1.08. The molecule has 0 atom stereocenters. The molecule has 62 valence electrons. The van der Waals surface area contributed by atoms with Gasteiger partial charge in [-0.05, 0) is 31.9 Å². The number of halogens is 2. The van der Waals surface area contributed by atoms with Crippen LogP contribution in [-0.4, -0.2) is 4.57 Å². The third-order valence-electron chi connectivity index (χ3n) is 2.06. The summed E-state index contributed by atoms with van der Waals surface area (Å²) in [6.45, 7) is 2.97. The summed E-state index contributed by atoms with van der Waals surface area (Å²) in [5.41, 5.74) is 2.52. The van der Waals surface area contributed by atoms with Gasteiger partial charge >= 0.3 is 6.55 Å². The molecule has 0 aliphatic rings. The van der Waals surface area contributed by atoms with E-state index >= 15 is 0 Å². The smallest absolute Gasteiger partial charge is 0.295 e. The molecule has 1 aromatic heterocycles. The lowest BCUT2D eigenvalue weighted by Gasteiger charge is -2.02. The number of rotatable bonds is 1. The topological polar surface area (TPSA) is 4.93 Å². The predicted octanol–water partition coefficient (Wildman–Crippen LogP) is 2.81. The highest BCUT2D eigenvalue weighted by Crippen LogP contribution is 2.20. The molecular weight excluding hydrogens is 148 g/mol. The van der Waals surface area contributed by atoms with E-state index in [1.165, 1.54) is 6.20 Å². The Morgan fingerprint density at radius 1 is 1.27 bits per heavy atom. The highest BCUT2D eigenvalue weighted by molar-refractivity contribution is 5.28. The molecule has 0 unspecified atom stereocenters. The second kappa shape index (κ2) is 2.64. The predicted molar refractivity (Wildman–Crippen MR) is 39.9 cm³/mol. The van der Waals surface area contributed by atoms with Crippen LogP contribution in [0.25, 0.3) is 0 Å². The number of alkyl halides is 2. The summed E-state index contributed by atoms with van der Waals surface area (Å²) in [5.74, 6) is 0. The third kappa shape index (κ3) is 1.27. The molecule has 0 radical (unpaired) electrons. The van der Waals surface area contributed by atoms with Crippen LogP contribution >= 0.6 is 0 Å². The summed E-state index contributed by atoms with van der Waals surface area (Å²) in [6.07, 6.45) is 1.48. The minimum absolute atomic E-state index is 0.650. The maximum absolute atomic E-state index is 12.2. The SMILES string of the molecule is Cc1cn(C(F)F)c(C)c1C. The fourth-order valence-electron chi connectivity index (χ4n) is 1.08. The Morgan fingerprint density at radius 2 is 1.82 bits per heavy atom. The van der Waals surface area contributed by atoms with Crippen molar-refractivity contribution >= 4 is 0 Å². The molecule has 1 nitrogen and oxygen atoms in total. The lowest BCUT2D eigenvalue weighted by Crippen LogP contribution is -1.98. The van der Waals surface area contributed by atoms with E-state index < -0.39 is 6.55 Å². The van der Waals surface area contributed by atoms with E-state index in [2.05, 4.69) is 0 Å². The Labute approximate surface area is 64.6 Å². The first kappa shape index (κ1) is 8.24. The quantitative estimate of drug-likeness (QED) is 0.593. The minimum atomic E-state index is -2.41. The van der Waals surface area contributed by atoms with Crippen LogP contribution in [0.15, 0.2) is 6.20 Å². The average Bonchev–Trinajstić information content (AvgIpc) is 2.17. The van der Waals surface area contributed by atoms with Gasteiger partial charge in [0.1, 0.15) is 0 Å². The summed E-state index contributed by atoms with van der Waals surface area (Å²) in [5, 5.41) is 0. The molecule has 0 amide bonds. The van der Waals surface area contributed by atoms with Crippen LogP contribution in [0.3, 0.4) is 0 Å². The molecule has 0 bridgehead atoms. The van der Waals surface area contributed by atoms with Gasteiger partial charge in [-0.2, -0.15) is 8.78 Å². The van der Waals surface area contributed by atoms with Crippen molar-refractivity contribution in [2.45, 2.75) is 27.3 Å². The van der Waals surface area contributed by atoms with Gasteiger partial charge in [0, 0.05) is 11.9 Å². The zero-order valence-corrected chi connectivity index (χ0v) is 6.86. The van der Waals surface area contributed by atoms with Crippen molar-refractivity contribution in [3.8, 4) is 0 Å². The van der Waals surface area contributed by atoms with E-state index in [9.17, 15) is 8.78 Å². The zero-order chi connectivity index (χ0) is 8.59. The van der Waals surface area contributed by atoms with Gasteiger partial charge in [-0.25, -0.2) is 0 Å². The highest BCUT2D eigenvalue weighted by Gasteiger charge is 2.11. The summed E-state index contributed by atoms with van der Waals surface area (Å²) < 4.78 is 25.4. The van der Waals surface area contributed by atoms with Crippen molar-refractivity contribution < 1.29 is 8.78 Å². The first-order valence-electron chi connectivity index (χ1n) is 3.47. The Kier molecular flexibility index (Phi) is 1.98. The van der Waals surface area contributed by atoms with Crippen LogP contribution in [0, 0.1) is 20.8 Å². The molecule has 3 heteroatoms. The largest absolute Gasteiger partial charge is 0.318 e. The molecule has 0 N–H and O–H groups in total. The van der Waals surface area contributed by atoms with Gasteiger partial charge in [0.25, 0.3) is 0 Å². The number of hydrogen-bond donors (Lipinski definition) is 0. The monoisotopic (exact) mass is 159 g/mol. The van der Waals surface area contributed by atoms with Gasteiger partial charge in [0.2, 0.25) is 0 Å². The summed E-state index contributed by atoms with van der Waals surface area (Å²) in [6, 6.07) is 0. The standard InChI is InChI=1S/C8H11F2N/c1-5-4-11(8(9)10)7(3)6(5)2/h4,8H,1-3H3. The Balaban J connectivity index is 3.19. The van der Waals surface area contributed by atoms with E-state index in [1.54, 1.807) is 6.92 Å². The lowest BCUT2D eigenvalue weighted by molar-refractivity contribution is 0.0685. The van der Waals surface area contributed by atoms with Gasteiger partial charge in [-0.1, -0.05) is 0 Å². The number of nitrogens with zero attached hydrogens (tertiary/aromatic N) is 1. The van der Waals surface area contributed by atoms with E-state index in [0.717, 1.165) is 15.7 Å². The van der Waals surface area contributed by atoms with Crippen molar-refractivity contribution in [1.29, 1.82) is 0 Å². The van der Waals surface area contributed by atoms with Crippen LogP contribution in [-0.2, 0) is 0 Å². The fraction of sp³-hybridized carbons (Fsp3) is 0.500. The zero-order valence-electron chi connectivity index (χ0n) is 6.86. The Morgan fingerprint density at radius 3 is 2.00 bits per heavy atom. The summed E-state index contributed by atoms with van der Waals surface area (Å²) >= 11 is 0. The second-order valence-electron chi connectivity index (χ2n) is 2.71. The number of aryl methyl sites for hydroxylation is 1. The molecule has 0 aliphatic carbocycles. The molecule has 0 spiro atoms. The molecule has 0 fully saturated rings. The van der Waals surface area contributed by atoms with Gasteiger partial charge < -0.3 is 0 Å². The normalized spacial score (nSPS) is 11.1. The molecule has 0 saturated carbocycles. The van der Waals surface area contributed by atoms with Gasteiger partial charge in [-0.15, -0.1) is 0 Å².